The summed E-state index contributed by atoms with van der Waals surface area (Å²) in [5.74, 6) is -0.883. The molecule has 0 aliphatic heterocycles. The molecular weight excluding hydrogens is 269 g/mol. The van der Waals surface area contributed by atoms with E-state index >= 15 is 0 Å². The van der Waals surface area contributed by atoms with Gasteiger partial charge in [0.25, 0.3) is 5.91 Å². The van der Waals surface area contributed by atoms with Crippen LogP contribution in [-0.4, -0.2) is 5.91 Å². The first kappa shape index (κ1) is 14.2. The lowest BCUT2D eigenvalue weighted by atomic mass is 10.1. The lowest BCUT2D eigenvalue weighted by Gasteiger charge is -2.12. The second-order valence-corrected chi connectivity index (χ2v) is 4.28. The average Bonchev–Trinajstić information content (AvgIpc) is 2.53. The average molecular weight is 279 g/mol. The van der Waals surface area contributed by atoms with Gasteiger partial charge in [0, 0.05) is 5.56 Å². The van der Waals surface area contributed by atoms with Crippen LogP contribution in [0.5, 0.6) is 0 Å². The number of hydrogen-bond donors (Lipinski definition) is 1. The molecule has 1 N–H and O–H groups in total. The van der Waals surface area contributed by atoms with Crippen LogP contribution in [0.25, 0.3) is 0 Å². The van der Waals surface area contributed by atoms with Gasteiger partial charge in [-0.2, -0.15) is 10.5 Å². The number of amides is 1. The highest BCUT2D eigenvalue weighted by molar-refractivity contribution is 5.95. The van der Waals surface area contributed by atoms with Crippen LogP contribution in [0.1, 0.15) is 27.5 Å². The highest BCUT2D eigenvalue weighted by Gasteiger charge is 2.15. The number of carbonyl (C=O) groups is 1. The topological polar surface area (TPSA) is 76.7 Å². The molecule has 0 aliphatic rings. The second-order valence-electron chi connectivity index (χ2n) is 4.28. The molecule has 0 bridgehead atoms. The van der Waals surface area contributed by atoms with Crippen molar-refractivity contribution in [3.05, 3.63) is 71.0 Å². The van der Waals surface area contributed by atoms with Gasteiger partial charge < -0.3 is 5.32 Å². The van der Waals surface area contributed by atoms with Crippen molar-refractivity contribution in [2.45, 2.75) is 6.04 Å². The standard InChI is InChI=1S/C16H10FN3O/c17-14-6-4-12(5-7-14)15(10-19)20-16(21)13-3-1-2-11(8-13)9-18/h1-8,15H,(H,20,21)/t15-/m0/s1. The van der Waals surface area contributed by atoms with Crippen molar-refractivity contribution in [3.8, 4) is 12.1 Å². The number of carbonyl (C=O) groups excluding carboxylic acids is 1. The van der Waals surface area contributed by atoms with Gasteiger partial charge in [-0.1, -0.05) is 18.2 Å². The smallest absolute Gasteiger partial charge is 0.252 e. The van der Waals surface area contributed by atoms with Crippen molar-refractivity contribution in [3.63, 3.8) is 0 Å². The first-order valence-corrected chi connectivity index (χ1v) is 6.10. The van der Waals surface area contributed by atoms with Crippen molar-refractivity contribution >= 4 is 5.91 Å². The van der Waals surface area contributed by atoms with Crippen molar-refractivity contribution in [1.29, 1.82) is 10.5 Å². The Labute approximate surface area is 121 Å². The van der Waals surface area contributed by atoms with Crippen LogP contribution < -0.4 is 5.32 Å². The van der Waals surface area contributed by atoms with Crippen LogP contribution in [0.4, 0.5) is 4.39 Å². The minimum atomic E-state index is -0.885. The molecule has 1 amide bonds. The molecule has 0 radical (unpaired) electrons. The van der Waals surface area contributed by atoms with Gasteiger partial charge in [-0.05, 0) is 35.9 Å². The molecule has 5 heteroatoms. The zero-order chi connectivity index (χ0) is 15.2. The van der Waals surface area contributed by atoms with E-state index in [1.165, 1.54) is 30.3 Å². The maximum Gasteiger partial charge on any atom is 0.252 e. The van der Waals surface area contributed by atoms with Crippen molar-refractivity contribution < 1.29 is 9.18 Å². The van der Waals surface area contributed by atoms with E-state index in [2.05, 4.69) is 5.32 Å². The summed E-state index contributed by atoms with van der Waals surface area (Å²) >= 11 is 0. The second kappa shape index (κ2) is 6.31. The molecule has 1 atom stereocenters. The Balaban J connectivity index is 2.19. The summed E-state index contributed by atoms with van der Waals surface area (Å²) in [6.45, 7) is 0. The summed E-state index contributed by atoms with van der Waals surface area (Å²) in [6.07, 6.45) is 0. The fourth-order valence-corrected chi connectivity index (χ4v) is 1.79. The molecule has 0 saturated carbocycles. The molecule has 0 unspecified atom stereocenters. The Bertz CT molecular complexity index is 741. The molecule has 4 nitrogen and oxygen atoms in total. The maximum atomic E-state index is 12.9. The fraction of sp³-hybridized carbons (Fsp3) is 0.0625. The molecule has 0 aromatic heterocycles. The summed E-state index contributed by atoms with van der Waals surface area (Å²) in [5.41, 5.74) is 1.14. The largest absolute Gasteiger partial charge is 0.332 e. The number of benzene rings is 2. The van der Waals surface area contributed by atoms with Crippen LogP contribution in [-0.2, 0) is 0 Å². The summed E-state index contributed by atoms with van der Waals surface area (Å²) in [6, 6.07) is 14.5. The lowest BCUT2D eigenvalue weighted by molar-refractivity contribution is 0.0945. The molecule has 2 rings (SSSR count). The highest BCUT2D eigenvalue weighted by atomic mass is 19.1. The number of nitrogens with one attached hydrogen (secondary N) is 1. The van der Waals surface area contributed by atoms with Gasteiger partial charge in [0.15, 0.2) is 0 Å². The van der Waals surface area contributed by atoms with Crippen molar-refractivity contribution in [1.82, 2.24) is 5.32 Å². The Morgan fingerprint density at radius 3 is 2.48 bits per heavy atom. The van der Waals surface area contributed by atoms with Crippen LogP contribution >= 0.6 is 0 Å². The maximum absolute atomic E-state index is 12.9. The summed E-state index contributed by atoms with van der Waals surface area (Å²) in [4.78, 5) is 12.1. The fourth-order valence-electron chi connectivity index (χ4n) is 1.79. The first-order valence-electron chi connectivity index (χ1n) is 6.10. The molecule has 0 aliphatic carbocycles. The Morgan fingerprint density at radius 2 is 1.86 bits per heavy atom. The van der Waals surface area contributed by atoms with Gasteiger partial charge in [0.2, 0.25) is 0 Å². The summed E-state index contributed by atoms with van der Waals surface area (Å²) in [5, 5.41) is 20.5. The van der Waals surface area contributed by atoms with E-state index in [0.717, 1.165) is 0 Å². The molecule has 2 aromatic carbocycles. The van der Waals surface area contributed by atoms with Gasteiger partial charge in [-0.3, -0.25) is 4.79 Å². The summed E-state index contributed by atoms with van der Waals surface area (Å²) < 4.78 is 12.9. The third kappa shape index (κ3) is 3.43. The molecule has 2 aromatic rings. The van der Waals surface area contributed by atoms with Gasteiger partial charge >= 0.3 is 0 Å². The predicted octanol–water partition coefficient (Wildman–Crippen LogP) is 2.69. The van der Waals surface area contributed by atoms with Crippen LogP contribution in [0.3, 0.4) is 0 Å². The summed E-state index contributed by atoms with van der Waals surface area (Å²) in [7, 11) is 0. The van der Waals surface area contributed by atoms with E-state index in [0.29, 0.717) is 11.1 Å². The Hall–Kier alpha value is -3.18. The molecule has 102 valence electrons. The minimum absolute atomic E-state index is 0.288. The van der Waals surface area contributed by atoms with E-state index in [1.807, 2.05) is 12.1 Å². The molecule has 0 spiro atoms. The van der Waals surface area contributed by atoms with Crippen LogP contribution in [0.2, 0.25) is 0 Å². The number of nitrogens with zero attached hydrogens (tertiary/aromatic N) is 2. The number of rotatable bonds is 3. The molecule has 0 heterocycles. The quantitative estimate of drug-likeness (QED) is 0.938. The third-order valence-electron chi connectivity index (χ3n) is 2.86. The van der Waals surface area contributed by atoms with E-state index in [4.69, 9.17) is 10.5 Å². The van der Waals surface area contributed by atoms with Crippen LogP contribution in [0, 0.1) is 28.5 Å². The van der Waals surface area contributed by atoms with Gasteiger partial charge in [0.05, 0.1) is 17.7 Å². The number of hydrogen-bond acceptors (Lipinski definition) is 3. The normalized spacial score (nSPS) is 11.0. The Kier molecular flexibility index (Phi) is 4.28. The van der Waals surface area contributed by atoms with Gasteiger partial charge in [-0.25, -0.2) is 4.39 Å². The van der Waals surface area contributed by atoms with Crippen LogP contribution in [0.15, 0.2) is 48.5 Å². The zero-order valence-corrected chi connectivity index (χ0v) is 10.9. The van der Waals surface area contributed by atoms with E-state index in [-0.39, 0.29) is 5.56 Å². The monoisotopic (exact) mass is 279 g/mol. The van der Waals surface area contributed by atoms with Gasteiger partial charge in [-0.15, -0.1) is 0 Å². The van der Waals surface area contributed by atoms with Crippen molar-refractivity contribution in [2.24, 2.45) is 0 Å². The van der Waals surface area contributed by atoms with Crippen molar-refractivity contribution in [2.75, 3.05) is 0 Å². The molecule has 0 fully saturated rings. The number of halogens is 1. The third-order valence-corrected chi connectivity index (χ3v) is 2.86. The SMILES string of the molecule is N#Cc1cccc(C(=O)N[C@@H](C#N)c2ccc(F)cc2)c1. The lowest BCUT2D eigenvalue weighted by Crippen LogP contribution is -2.27. The minimum Gasteiger partial charge on any atom is -0.332 e. The van der Waals surface area contributed by atoms with Gasteiger partial charge in [0.1, 0.15) is 11.9 Å². The Morgan fingerprint density at radius 1 is 1.14 bits per heavy atom. The highest BCUT2D eigenvalue weighted by Crippen LogP contribution is 2.14. The predicted molar refractivity (Wildman–Crippen MR) is 73.4 cm³/mol. The van der Waals surface area contributed by atoms with E-state index in [1.54, 1.807) is 18.2 Å². The zero-order valence-electron chi connectivity index (χ0n) is 10.9. The number of nitriles is 2. The van der Waals surface area contributed by atoms with E-state index in [9.17, 15) is 9.18 Å². The molecule has 21 heavy (non-hydrogen) atoms. The van der Waals surface area contributed by atoms with E-state index < -0.39 is 17.8 Å². The molecular formula is C16H10FN3O. The molecule has 0 saturated heterocycles. The first-order chi connectivity index (χ1) is 10.1.